The number of benzene rings is 21. The molecule has 0 N–H and O–H groups in total. The lowest BCUT2D eigenvalue weighted by atomic mass is 9.70. The SMILES string of the molecule is C.CC.O=C(/C=C/C(=O)c1ccc2c(c1)C1(c3ccccc3-c3ccccc31)c1ccccc1-2)c1ccc2c(c1)C1(c3ccccc3-c3ccccc31)c1ccccc1-2.O=C(c1cc(C(=O)c2ccc3c(c2)C2(c4ccccc4-c4ccccc42)c2ccccc2-3)cc(C(=O)c2ccc3c(c2)C2(c4ccccc4-c4ccccc42)c2ccccc2-3)c1)c1ccc2c(c1)C1(c3ccccc3-c3ccccc31)c1ccccc1-2. The molecule has 0 aliphatic heterocycles. The van der Waals surface area contributed by atoms with E-state index >= 15 is 14.4 Å². The Morgan fingerprint density at radius 1 is 0.137 bits per heavy atom. The van der Waals surface area contributed by atoms with Gasteiger partial charge in [-0.05, 0) is 283 Å². The normalized spacial score (nSPS) is 14.4. The molecule has 0 saturated carbocycles. The minimum atomic E-state index is -0.676. The fourth-order valence-corrected chi connectivity index (χ4v) is 28.1. The average Bonchev–Trinajstić information content (AvgIpc) is 1.53. The summed E-state index contributed by atoms with van der Waals surface area (Å²) < 4.78 is 0. The van der Waals surface area contributed by atoms with E-state index in [0.717, 1.165) is 72.3 Å². The summed E-state index contributed by atoms with van der Waals surface area (Å²) >= 11 is 0. The van der Waals surface area contributed by atoms with Crippen LogP contribution in [0.4, 0.5) is 0 Å². The Labute approximate surface area is 847 Å². The van der Waals surface area contributed by atoms with Crippen LogP contribution in [0.1, 0.15) is 201 Å². The molecule has 5 nitrogen and oxygen atoms in total. The van der Waals surface area contributed by atoms with Crippen LogP contribution in [0.5, 0.6) is 0 Å². The Morgan fingerprint density at radius 2 is 0.253 bits per heavy atom. The van der Waals surface area contributed by atoms with Crippen molar-refractivity contribution in [3.8, 4) is 111 Å². The van der Waals surface area contributed by atoms with Crippen molar-refractivity contribution < 1.29 is 24.0 Å². The van der Waals surface area contributed by atoms with E-state index in [1.54, 1.807) is 18.2 Å². The van der Waals surface area contributed by atoms with Crippen molar-refractivity contribution in [2.75, 3.05) is 0 Å². The molecular weight excluding hydrogens is 1770 g/mol. The second-order valence-corrected chi connectivity index (χ2v) is 39.6. The smallest absolute Gasteiger partial charge is 0.193 e. The Balaban J connectivity index is 0.000000151. The summed E-state index contributed by atoms with van der Waals surface area (Å²) in [4.78, 5) is 76.2. The zero-order chi connectivity index (χ0) is 96.7. The molecule has 0 unspecified atom stereocenters. The van der Waals surface area contributed by atoms with Gasteiger partial charge < -0.3 is 0 Å². The molecule has 31 rings (SSSR count). The van der Waals surface area contributed by atoms with Crippen LogP contribution in [0.25, 0.3) is 111 Å². The first-order chi connectivity index (χ1) is 71.5. The summed E-state index contributed by atoms with van der Waals surface area (Å²) in [5, 5.41) is 0. The van der Waals surface area contributed by atoms with Crippen LogP contribution in [0.2, 0.25) is 0 Å². The van der Waals surface area contributed by atoms with Crippen molar-refractivity contribution in [2.45, 2.75) is 48.3 Å². The summed E-state index contributed by atoms with van der Waals surface area (Å²) in [6.07, 6.45) is 2.90. The molecule has 0 saturated heterocycles. The molecule has 0 aromatic heterocycles. The highest BCUT2D eigenvalue weighted by Crippen LogP contribution is 2.70. The predicted octanol–water partition coefficient (Wildman–Crippen LogP) is 32.1. The van der Waals surface area contributed by atoms with Gasteiger partial charge in [-0.3, -0.25) is 24.0 Å². The van der Waals surface area contributed by atoms with E-state index in [2.05, 4.69) is 425 Å². The molecule has 0 radical (unpaired) electrons. The predicted molar refractivity (Wildman–Crippen MR) is 586 cm³/mol. The molecule has 0 fully saturated rings. The van der Waals surface area contributed by atoms with Crippen molar-refractivity contribution in [3.63, 3.8) is 0 Å². The molecule has 10 aliphatic rings. The van der Waals surface area contributed by atoms with Crippen LogP contribution in [0.15, 0.2) is 485 Å². The zero-order valence-electron chi connectivity index (χ0n) is 79.2. The van der Waals surface area contributed by atoms with Gasteiger partial charge in [0.1, 0.15) is 0 Å². The van der Waals surface area contributed by atoms with Gasteiger partial charge >= 0.3 is 0 Å². The maximum Gasteiger partial charge on any atom is 0.193 e. The lowest BCUT2D eigenvalue weighted by molar-refractivity contribution is 0.102. The van der Waals surface area contributed by atoms with Gasteiger partial charge in [-0.25, -0.2) is 0 Å². The monoisotopic (exact) mass is 1860 g/mol. The Hall–Kier alpha value is -18.3. The van der Waals surface area contributed by atoms with Crippen molar-refractivity contribution in [1.29, 1.82) is 0 Å². The highest BCUT2D eigenvalue weighted by molar-refractivity contribution is 6.19. The van der Waals surface area contributed by atoms with Gasteiger partial charge in [0.15, 0.2) is 28.9 Å². The molecule has 21 aromatic rings. The number of fused-ring (bicyclic) bond motifs is 50. The van der Waals surface area contributed by atoms with Crippen LogP contribution in [0, 0.1) is 0 Å². The Morgan fingerprint density at radius 3 is 0.397 bits per heavy atom. The second kappa shape index (κ2) is 31.9. The van der Waals surface area contributed by atoms with Crippen molar-refractivity contribution in [3.05, 3.63) is 641 Å². The van der Waals surface area contributed by atoms with E-state index in [1.807, 2.05) is 44.2 Å². The average molecular weight is 1860 g/mol. The first-order valence-electron chi connectivity index (χ1n) is 50.3. The lowest BCUT2D eigenvalue weighted by Crippen LogP contribution is -2.26. The number of carbonyl (C=O) groups is 5. The van der Waals surface area contributed by atoms with Gasteiger partial charge in [0.2, 0.25) is 0 Å². The summed E-state index contributed by atoms with van der Waals surface area (Å²) in [6.45, 7) is 4.00. The third kappa shape index (κ3) is 11.0. The van der Waals surface area contributed by atoms with E-state index in [1.165, 1.54) is 162 Å². The molecule has 5 heteroatoms. The Kier molecular flexibility index (Phi) is 18.7. The fraction of sp³-hybridized carbons (Fsp3) is 0.0567. The second-order valence-electron chi connectivity index (χ2n) is 39.6. The molecule has 0 heterocycles. The summed E-state index contributed by atoms with van der Waals surface area (Å²) in [7, 11) is 0. The van der Waals surface area contributed by atoms with Gasteiger partial charge in [0.25, 0.3) is 0 Å². The highest BCUT2D eigenvalue weighted by Gasteiger charge is 2.58. The lowest BCUT2D eigenvalue weighted by Gasteiger charge is -2.30. The number of rotatable bonds is 10. The maximum absolute atomic E-state index is 16.0. The molecule has 21 aromatic carbocycles. The maximum atomic E-state index is 16.0. The van der Waals surface area contributed by atoms with Crippen LogP contribution >= 0.6 is 0 Å². The van der Waals surface area contributed by atoms with E-state index < -0.39 is 27.1 Å². The summed E-state index contributed by atoms with van der Waals surface area (Å²) in [5.74, 6) is -1.24. The van der Waals surface area contributed by atoms with Crippen LogP contribution in [-0.4, -0.2) is 28.9 Å². The fourth-order valence-electron chi connectivity index (χ4n) is 28.1. The standard InChI is InChI=1S/C84H48O3.C54H32O2.C2H6.CH4/c85-79(49-37-40-64-61-25-7-16-34-73(61)82(76(64)46-49)67-28-10-1-19-55(67)56-20-2-11-29-68(56)82)52-43-53(80(86)50-38-41-65-62-26-8-17-35-74(62)83(77(65)47-50)69-30-12-3-21-57(69)58-22-4-13-31-70(58)83)45-54(44-52)81(87)51-39-42-66-63-27-9-18-36-75(63)84(78(66)48-51)71-32-14-5-23-59(71)60-24-6-15-33-72(60)84;55-51(33-25-27-41-39-17-5-11-23-47(39)53(49(41)31-33)43-19-7-1-13-35(43)36-14-2-8-20-44(36)53)29-30-52(56)34-26-28-42-40-18-6-12-24-48(40)54(50(42)32-34)45-21-9-3-15-37(45)38-16-4-10-22-46(38)54;1-2;/h1-48H;1-32H;1-2H3;1H4/b;30-29+;;. The van der Waals surface area contributed by atoms with E-state index in [4.69, 9.17) is 0 Å². The highest BCUT2D eigenvalue weighted by atomic mass is 16.1. The Bertz CT molecular complexity index is 8390. The van der Waals surface area contributed by atoms with Gasteiger partial charge in [-0.15, -0.1) is 0 Å². The number of ketones is 5. The van der Waals surface area contributed by atoms with Crippen LogP contribution < -0.4 is 0 Å². The van der Waals surface area contributed by atoms with Crippen LogP contribution in [0.3, 0.4) is 0 Å². The van der Waals surface area contributed by atoms with Crippen molar-refractivity contribution >= 4 is 28.9 Å². The first-order valence-corrected chi connectivity index (χ1v) is 50.3. The van der Waals surface area contributed by atoms with Crippen LogP contribution in [-0.2, 0) is 27.1 Å². The van der Waals surface area contributed by atoms with Gasteiger partial charge in [0, 0.05) is 44.5 Å². The number of allylic oxidation sites excluding steroid dienone is 2. The molecule has 10 aliphatic carbocycles. The molecule has 0 amide bonds. The zero-order valence-corrected chi connectivity index (χ0v) is 79.2. The topological polar surface area (TPSA) is 85.3 Å². The minimum absolute atomic E-state index is 0. The molecule has 146 heavy (non-hydrogen) atoms. The largest absolute Gasteiger partial charge is 0.289 e. The number of carbonyl (C=O) groups excluding carboxylic acids is 5. The third-order valence-electron chi connectivity index (χ3n) is 33.4. The number of hydrogen-bond donors (Lipinski definition) is 0. The quantitative estimate of drug-likeness (QED) is 0.101. The molecule has 684 valence electrons. The molecule has 0 bridgehead atoms. The minimum Gasteiger partial charge on any atom is -0.289 e. The van der Waals surface area contributed by atoms with Gasteiger partial charge in [0.05, 0.1) is 27.1 Å². The van der Waals surface area contributed by atoms with Gasteiger partial charge in [-0.2, -0.15) is 0 Å². The molecular formula is C141H90O5. The number of hydrogen-bond acceptors (Lipinski definition) is 5. The molecule has 0 atom stereocenters. The van der Waals surface area contributed by atoms with Gasteiger partial charge in [-0.1, -0.05) is 446 Å². The third-order valence-corrected chi connectivity index (χ3v) is 33.4. The molecule has 5 spiro atoms. The van der Waals surface area contributed by atoms with E-state index in [9.17, 15) is 9.59 Å². The van der Waals surface area contributed by atoms with Crippen molar-refractivity contribution in [1.82, 2.24) is 0 Å². The van der Waals surface area contributed by atoms with Crippen molar-refractivity contribution in [2.24, 2.45) is 0 Å². The first kappa shape index (κ1) is 85.7. The van der Waals surface area contributed by atoms with E-state index in [0.29, 0.717) is 27.8 Å². The van der Waals surface area contributed by atoms with E-state index in [-0.39, 0.29) is 53.0 Å². The summed E-state index contributed by atoms with van der Waals surface area (Å²) in [5.41, 5.74) is 46.6. The summed E-state index contributed by atoms with van der Waals surface area (Å²) in [6, 6.07) is 165.